The molecule has 0 radical (unpaired) electrons. The molecule has 0 aromatic carbocycles. The van der Waals surface area contributed by atoms with Crippen LogP contribution in [0.3, 0.4) is 0 Å². The van der Waals surface area contributed by atoms with E-state index in [1.54, 1.807) is 12.3 Å². The second-order valence-corrected chi connectivity index (χ2v) is 2.12. The van der Waals surface area contributed by atoms with Gasteiger partial charge in [-0.3, -0.25) is 4.79 Å². The normalized spacial score (nSPS) is 10.2. The average molecular weight is 147 g/mol. The van der Waals surface area contributed by atoms with Gasteiger partial charge in [0.05, 0.1) is 11.7 Å². The van der Waals surface area contributed by atoms with E-state index < -0.39 is 0 Å². The molecule has 54 valence electrons. The van der Waals surface area contributed by atoms with Crippen LogP contribution in [0.2, 0.25) is 0 Å². The molecule has 2 rings (SSSR count). The first kappa shape index (κ1) is 6.03. The Bertz CT molecular complexity index is 435. The van der Waals surface area contributed by atoms with Crippen molar-refractivity contribution in [3.05, 3.63) is 35.0 Å². The van der Waals surface area contributed by atoms with E-state index in [4.69, 9.17) is 0 Å². The lowest BCUT2D eigenvalue weighted by Crippen LogP contribution is -1.95. The lowest BCUT2D eigenvalue weighted by atomic mass is 10.4. The zero-order valence-corrected chi connectivity index (χ0v) is 5.61. The van der Waals surface area contributed by atoms with Crippen LogP contribution in [-0.2, 0) is 0 Å². The molecule has 4 heteroatoms. The van der Waals surface area contributed by atoms with Crippen molar-refractivity contribution < 1.29 is 0 Å². The maximum Gasteiger partial charge on any atom is 0.222 e. The van der Waals surface area contributed by atoms with Gasteiger partial charge in [0.25, 0.3) is 0 Å². The minimum atomic E-state index is -0.137. The first-order chi connectivity index (χ1) is 5.38. The van der Waals surface area contributed by atoms with E-state index in [-0.39, 0.29) is 5.43 Å². The molecule has 0 amide bonds. The largest absolute Gasteiger partial charge is 0.357 e. The van der Waals surface area contributed by atoms with Crippen molar-refractivity contribution >= 4 is 11.0 Å². The SMILES string of the molecule is O=c1cncnc2cc[nH]c12. The van der Waals surface area contributed by atoms with Gasteiger partial charge in [0.15, 0.2) is 0 Å². The van der Waals surface area contributed by atoms with Crippen LogP contribution in [0.1, 0.15) is 0 Å². The molecule has 0 saturated heterocycles. The summed E-state index contributed by atoms with van der Waals surface area (Å²) in [5.74, 6) is 0. The minimum absolute atomic E-state index is 0.137. The Morgan fingerprint density at radius 2 is 2.36 bits per heavy atom. The number of aromatic nitrogens is 3. The Morgan fingerprint density at radius 3 is 3.27 bits per heavy atom. The van der Waals surface area contributed by atoms with Crippen LogP contribution in [-0.4, -0.2) is 15.0 Å². The van der Waals surface area contributed by atoms with E-state index in [2.05, 4.69) is 15.0 Å². The van der Waals surface area contributed by atoms with Crippen molar-refractivity contribution in [2.75, 3.05) is 0 Å². The van der Waals surface area contributed by atoms with E-state index in [1.165, 1.54) is 12.5 Å². The summed E-state index contributed by atoms with van der Waals surface area (Å²) in [4.78, 5) is 21.5. The highest BCUT2D eigenvalue weighted by Crippen LogP contribution is 1.99. The van der Waals surface area contributed by atoms with Gasteiger partial charge in [-0.25, -0.2) is 9.97 Å². The van der Waals surface area contributed by atoms with Gasteiger partial charge >= 0.3 is 0 Å². The highest BCUT2D eigenvalue weighted by molar-refractivity contribution is 5.73. The van der Waals surface area contributed by atoms with E-state index in [1.807, 2.05) is 0 Å². The fourth-order valence-corrected chi connectivity index (χ4v) is 0.927. The van der Waals surface area contributed by atoms with Gasteiger partial charge in [-0.1, -0.05) is 0 Å². The molecule has 0 aliphatic rings. The highest BCUT2D eigenvalue weighted by Gasteiger charge is 1.95. The van der Waals surface area contributed by atoms with Crippen LogP contribution in [0.4, 0.5) is 0 Å². The first-order valence-corrected chi connectivity index (χ1v) is 3.15. The molecule has 1 N–H and O–H groups in total. The third-order valence-electron chi connectivity index (χ3n) is 1.43. The lowest BCUT2D eigenvalue weighted by molar-refractivity contribution is 1.24. The van der Waals surface area contributed by atoms with Crippen molar-refractivity contribution in [3.8, 4) is 0 Å². The molecule has 0 bridgehead atoms. The van der Waals surface area contributed by atoms with Crippen LogP contribution in [0.25, 0.3) is 11.0 Å². The van der Waals surface area contributed by atoms with Crippen LogP contribution >= 0.6 is 0 Å². The molecule has 4 nitrogen and oxygen atoms in total. The van der Waals surface area contributed by atoms with Crippen molar-refractivity contribution in [3.63, 3.8) is 0 Å². The number of aromatic amines is 1. The summed E-state index contributed by atoms with van der Waals surface area (Å²) in [6, 6.07) is 1.73. The average Bonchev–Trinajstić information content (AvgIpc) is 2.40. The number of rotatable bonds is 0. The molecular weight excluding hydrogens is 142 g/mol. The Labute approximate surface area is 61.9 Å². The van der Waals surface area contributed by atoms with E-state index in [0.717, 1.165) is 0 Å². The van der Waals surface area contributed by atoms with Gasteiger partial charge in [-0.15, -0.1) is 0 Å². The van der Waals surface area contributed by atoms with Gasteiger partial charge in [-0.05, 0) is 6.07 Å². The topological polar surface area (TPSA) is 58.6 Å². The molecular formula is C7H5N3O. The highest BCUT2D eigenvalue weighted by atomic mass is 16.1. The molecule has 2 aromatic rings. The smallest absolute Gasteiger partial charge is 0.222 e. The predicted molar refractivity (Wildman–Crippen MR) is 40.2 cm³/mol. The summed E-state index contributed by atoms with van der Waals surface area (Å²) in [6.45, 7) is 0. The summed E-state index contributed by atoms with van der Waals surface area (Å²) in [6.07, 6.45) is 4.28. The molecule has 0 fully saturated rings. The monoisotopic (exact) mass is 147 g/mol. The van der Waals surface area contributed by atoms with E-state index >= 15 is 0 Å². The summed E-state index contributed by atoms with van der Waals surface area (Å²) < 4.78 is 0. The molecule has 0 atom stereocenters. The predicted octanol–water partition coefficient (Wildman–Crippen LogP) is 0.318. The van der Waals surface area contributed by atoms with Crippen molar-refractivity contribution in [1.82, 2.24) is 15.0 Å². The Kier molecular flexibility index (Phi) is 1.18. The fraction of sp³-hybridized carbons (Fsp3) is 0. The third kappa shape index (κ3) is 0.881. The Hall–Kier alpha value is -1.71. The number of H-pyrrole nitrogens is 1. The lowest BCUT2D eigenvalue weighted by Gasteiger charge is -1.72. The summed E-state index contributed by atoms with van der Waals surface area (Å²) in [5, 5.41) is 0. The molecule has 0 spiro atoms. The van der Waals surface area contributed by atoms with E-state index in [9.17, 15) is 4.79 Å². The first-order valence-electron chi connectivity index (χ1n) is 3.15. The second kappa shape index (κ2) is 2.16. The van der Waals surface area contributed by atoms with Crippen LogP contribution < -0.4 is 5.43 Å². The summed E-state index contributed by atoms with van der Waals surface area (Å²) in [7, 11) is 0. The van der Waals surface area contributed by atoms with Crippen LogP contribution in [0.5, 0.6) is 0 Å². The zero-order valence-electron chi connectivity index (χ0n) is 5.61. The van der Waals surface area contributed by atoms with Crippen molar-refractivity contribution in [2.45, 2.75) is 0 Å². The molecule has 0 saturated carbocycles. The van der Waals surface area contributed by atoms with Crippen molar-refractivity contribution in [2.24, 2.45) is 0 Å². The number of hydrogen-bond acceptors (Lipinski definition) is 3. The van der Waals surface area contributed by atoms with Gasteiger partial charge in [0.1, 0.15) is 11.8 Å². The minimum Gasteiger partial charge on any atom is -0.357 e. The fourth-order valence-electron chi connectivity index (χ4n) is 0.927. The maximum atomic E-state index is 11.1. The number of fused-ring (bicyclic) bond motifs is 1. The molecule has 11 heavy (non-hydrogen) atoms. The zero-order chi connectivity index (χ0) is 7.68. The molecule has 0 unspecified atom stereocenters. The molecule has 2 aromatic heterocycles. The maximum absolute atomic E-state index is 11.1. The van der Waals surface area contributed by atoms with Gasteiger partial charge in [0.2, 0.25) is 5.43 Å². The Morgan fingerprint density at radius 1 is 1.45 bits per heavy atom. The van der Waals surface area contributed by atoms with Crippen molar-refractivity contribution in [1.29, 1.82) is 0 Å². The quantitative estimate of drug-likeness (QED) is 0.583. The van der Waals surface area contributed by atoms with Crippen LogP contribution in [0.15, 0.2) is 29.6 Å². The number of nitrogens with one attached hydrogen (secondary N) is 1. The van der Waals surface area contributed by atoms with Gasteiger partial charge in [-0.2, -0.15) is 0 Å². The number of nitrogens with zero attached hydrogens (tertiary/aromatic N) is 2. The second-order valence-electron chi connectivity index (χ2n) is 2.12. The standard InChI is InChI=1S/C7H5N3O/c11-6-3-8-4-10-5-1-2-9-7(5)6/h1-4,9H. The third-order valence-corrected chi connectivity index (χ3v) is 1.43. The molecule has 0 aliphatic heterocycles. The van der Waals surface area contributed by atoms with Crippen LogP contribution in [0, 0.1) is 0 Å². The van der Waals surface area contributed by atoms with Gasteiger partial charge in [0, 0.05) is 6.20 Å². The number of hydrogen-bond donors (Lipinski definition) is 1. The summed E-state index contributed by atoms with van der Waals surface area (Å²) in [5.41, 5.74) is 1.01. The molecule has 2 heterocycles. The Balaban J connectivity index is 3.09. The van der Waals surface area contributed by atoms with E-state index in [0.29, 0.717) is 11.0 Å². The van der Waals surface area contributed by atoms with Gasteiger partial charge < -0.3 is 4.98 Å². The molecule has 0 aliphatic carbocycles. The summed E-state index contributed by atoms with van der Waals surface area (Å²) >= 11 is 0.